The first kappa shape index (κ1) is 16.2. The van der Waals surface area contributed by atoms with Crippen molar-refractivity contribution >= 4 is 0 Å². The van der Waals surface area contributed by atoms with E-state index in [0.29, 0.717) is 0 Å². The van der Waals surface area contributed by atoms with E-state index >= 15 is 0 Å². The molecule has 1 aliphatic rings. The Balaban J connectivity index is 1.44. The zero-order valence-corrected chi connectivity index (χ0v) is 13.8. The number of rotatable bonds is 7. The smallest absolute Gasteiger partial charge is 0.0695 e. The van der Waals surface area contributed by atoms with Gasteiger partial charge in [0, 0.05) is 25.2 Å². The zero-order chi connectivity index (χ0) is 15.9. The molecule has 1 saturated heterocycles. The van der Waals surface area contributed by atoms with Crippen LogP contribution in [0.2, 0.25) is 0 Å². The third-order valence-corrected chi connectivity index (χ3v) is 4.31. The molecule has 124 valence electrons. The topological polar surface area (TPSA) is 53.2 Å². The van der Waals surface area contributed by atoms with Crippen LogP contribution in [0.4, 0.5) is 0 Å². The number of morpholine rings is 1. The molecule has 0 aliphatic carbocycles. The van der Waals surface area contributed by atoms with Gasteiger partial charge in [0.2, 0.25) is 0 Å². The molecule has 1 aromatic carbocycles. The largest absolute Gasteiger partial charge is 0.379 e. The molecule has 0 saturated carbocycles. The molecule has 1 fully saturated rings. The molecule has 2 aromatic rings. The predicted octanol–water partition coefficient (Wildman–Crippen LogP) is 2.20. The molecule has 2 heterocycles. The van der Waals surface area contributed by atoms with Crippen LogP contribution in [0.1, 0.15) is 17.5 Å². The summed E-state index contributed by atoms with van der Waals surface area (Å²) >= 11 is 0. The summed E-state index contributed by atoms with van der Waals surface area (Å²) in [6, 6.07) is 8.56. The van der Waals surface area contributed by atoms with Crippen LogP contribution in [-0.4, -0.2) is 54.5 Å². The molecule has 5 nitrogen and oxygen atoms in total. The fourth-order valence-electron chi connectivity index (χ4n) is 2.89. The number of H-pyrrole nitrogens is 1. The van der Waals surface area contributed by atoms with Crippen molar-refractivity contribution in [1.29, 1.82) is 0 Å². The normalized spacial score (nSPS) is 15.9. The van der Waals surface area contributed by atoms with Crippen molar-refractivity contribution in [3.8, 4) is 11.3 Å². The van der Waals surface area contributed by atoms with E-state index in [1.807, 2.05) is 6.20 Å². The van der Waals surface area contributed by atoms with E-state index in [9.17, 15) is 0 Å². The molecule has 23 heavy (non-hydrogen) atoms. The lowest BCUT2D eigenvalue weighted by atomic mass is 10.1. The lowest BCUT2D eigenvalue weighted by molar-refractivity contribution is 0.0374. The van der Waals surface area contributed by atoms with Crippen LogP contribution in [0.3, 0.4) is 0 Å². The summed E-state index contributed by atoms with van der Waals surface area (Å²) in [5.41, 5.74) is 4.81. The third-order valence-electron chi connectivity index (χ3n) is 4.31. The van der Waals surface area contributed by atoms with Gasteiger partial charge in [-0.1, -0.05) is 29.8 Å². The SMILES string of the molecule is Cc1ccc(-c2[nH]ncc2CNCCCN2CCOCC2)cc1. The summed E-state index contributed by atoms with van der Waals surface area (Å²) in [7, 11) is 0. The van der Waals surface area contributed by atoms with Crippen molar-refractivity contribution in [3.05, 3.63) is 41.6 Å². The number of hydrogen-bond donors (Lipinski definition) is 2. The summed E-state index contributed by atoms with van der Waals surface area (Å²) in [5, 5.41) is 10.9. The van der Waals surface area contributed by atoms with Crippen molar-refractivity contribution in [2.45, 2.75) is 19.9 Å². The van der Waals surface area contributed by atoms with Gasteiger partial charge in [0.25, 0.3) is 0 Å². The Bertz CT molecular complexity index is 587. The number of aromatic nitrogens is 2. The highest BCUT2D eigenvalue weighted by atomic mass is 16.5. The maximum absolute atomic E-state index is 5.37. The summed E-state index contributed by atoms with van der Waals surface area (Å²) in [4.78, 5) is 2.47. The molecular formula is C18H26N4O. The standard InChI is InChI=1S/C18H26N4O/c1-15-3-5-16(6-4-15)18-17(14-20-21-18)13-19-7-2-8-22-9-11-23-12-10-22/h3-6,14,19H,2,7-13H2,1H3,(H,20,21). The molecule has 1 aromatic heterocycles. The molecule has 5 heteroatoms. The van der Waals surface area contributed by atoms with Gasteiger partial charge in [-0.25, -0.2) is 0 Å². The van der Waals surface area contributed by atoms with Gasteiger partial charge in [0.1, 0.15) is 0 Å². The number of ether oxygens (including phenoxy) is 1. The minimum absolute atomic E-state index is 0.850. The Morgan fingerprint density at radius 3 is 2.78 bits per heavy atom. The fourth-order valence-corrected chi connectivity index (χ4v) is 2.89. The van der Waals surface area contributed by atoms with Gasteiger partial charge in [-0.05, 0) is 32.0 Å². The minimum Gasteiger partial charge on any atom is -0.379 e. The Morgan fingerprint density at radius 2 is 2.00 bits per heavy atom. The molecule has 0 spiro atoms. The van der Waals surface area contributed by atoms with Crippen LogP contribution in [0, 0.1) is 6.92 Å². The number of nitrogens with one attached hydrogen (secondary N) is 2. The molecule has 0 unspecified atom stereocenters. The first-order valence-corrected chi connectivity index (χ1v) is 8.43. The van der Waals surface area contributed by atoms with Crippen LogP contribution in [0.15, 0.2) is 30.5 Å². The van der Waals surface area contributed by atoms with Crippen molar-refractivity contribution < 1.29 is 4.74 Å². The van der Waals surface area contributed by atoms with Crippen LogP contribution in [-0.2, 0) is 11.3 Å². The number of nitrogens with zero attached hydrogens (tertiary/aromatic N) is 2. The second kappa shape index (κ2) is 8.24. The maximum Gasteiger partial charge on any atom is 0.0695 e. The highest BCUT2D eigenvalue weighted by Crippen LogP contribution is 2.21. The van der Waals surface area contributed by atoms with Crippen LogP contribution >= 0.6 is 0 Å². The first-order valence-electron chi connectivity index (χ1n) is 8.43. The van der Waals surface area contributed by atoms with Gasteiger partial charge in [-0.15, -0.1) is 0 Å². The molecule has 1 aliphatic heterocycles. The van der Waals surface area contributed by atoms with Crippen molar-refractivity contribution in [3.63, 3.8) is 0 Å². The molecule has 2 N–H and O–H groups in total. The number of hydrogen-bond acceptors (Lipinski definition) is 4. The molecule has 0 amide bonds. The second-order valence-electron chi connectivity index (χ2n) is 6.12. The van der Waals surface area contributed by atoms with E-state index in [4.69, 9.17) is 4.74 Å². The van der Waals surface area contributed by atoms with Crippen LogP contribution in [0.25, 0.3) is 11.3 Å². The average Bonchev–Trinajstić information content (AvgIpc) is 3.05. The van der Waals surface area contributed by atoms with E-state index in [1.165, 1.54) is 16.7 Å². The average molecular weight is 314 g/mol. The van der Waals surface area contributed by atoms with E-state index in [-0.39, 0.29) is 0 Å². The molecular weight excluding hydrogens is 288 g/mol. The van der Waals surface area contributed by atoms with Gasteiger partial charge < -0.3 is 10.1 Å². The fraction of sp³-hybridized carbons (Fsp3) is 0.500. The maximum atomic E-state index is 5.37. The molecule has 0 radical (unpaired) electrons. The van der Waals surface area contributed by atoms with E-state index in [2.05, 4.69) is 51.6 Å². The Hall–Kier alpha value is -1.69. The lowest BCUT2D eigenvalue weighted by Gasteiger charge is -2.26. The lowest BCUT2D eigenvalue weighted by Crippen LogP contribution is -2.37. The first-order chi connectivity index (χ1) is 11.3. The minimum atomic E-state index is 0.850. The Morgan fingerprint density at radius 1 is 1.22 bits per heavy atom. The summed E-state index contributed by atoms with van der Waals surface area (Å²) in [6.07, 6.45) is 3.09. The third kappa shape index (κ3) is 4.64. The molecule has 0 atom stereocenters. The van der Waals surface area contributed by atoms with Gasteiger partial charge in [0.05, 0.1) is 25.1 Å². The van der Waals surface area contributed by atoms with Gasteiger partial charge >= 0.3 is 0 Å². The van der Waals surface area contributed by atoms with Gasteiger partial charge in [0.15, 0.2) is 0 Å². The number of aromatic amines is 1. The predicted molar refractivity (Wildman–Crippen MR) is 92.3 cm³/mol. The molecule has 3 rings (SSSR count). The van der Waals surface area contributed by atoms with E-state index in [0.717, 1.165) is 58.1 Å². The highest BCUT2D eigenvalue weighted by Gasteiger charge is 2.10. The summed E-state index contributed by atoms with van der Waals surface area (Å²) < 4.78 is 5.37. The van der Waals surface area contributed by atoms with Crippen molar-refractivity contribution in [2.75, 3.05) is 39.4 Å². The number of aryl methyl sites for hydroxylation is 1. The summed E-state index contributed by atoms with van der Waals surface area (Å²) in [6.45, 7) is 9.02. The molecule has 0 bridgehead atoms. The highest BCUT2D eigenvalue weighted by molar-refractivity contribution is 5.62. The summed E-state index contributed by atoms with van der Waals surface area (Å²) in [5.74, 6) is 0. The van der Waals surface area contributed by atoms with Gasteiger partial charge in [-0.2, -0.15) is 5.10 Å². The monoisotopic (exact) mass is 314 g/mol. The van der Waals surface area contributed by atoms with Crippen molar-refractivity contribution in [2.24, 2.45) is 0 Å². The van der Waals surface area contributed by atoms with Gasteiger partial charge in [-0.3, -0.25) is 10.00 Å². The van der Waals surface area contributed by atoms with Crippen LogP contribution in [0.5, 0.6) is 0 Å². The Kier molecular flexibility index (Phi) is 5.80. The van der Waals surface area contributed by atoms with E-state index in [1.54, 1.807) is 0 Å². The number of benzene rings is 1. The van der Waals surface area contributed by atoms with E-state index < -0.39 is 0 Å². The zero-order valence-electron chi connectivity index (χ0n) is 13.8. The van der Waals surface area contributed by atoms with Crippen LogP contribution < -0.4 is 5.32 Å². The second-order valence-corrected chi connectivity index (χ2v) is 6.12. The Labute approximate surface area is 138 Å². The quantitative estimate of drug-likeness (QED) is 0.769. The van der Waals surface area contributed by atoms with Crippen molar-refractivity contribution in [1.82, 2.24) is 20.4 Å².